The molecule has 0 fully saturated rings. The van der Waals surface area contributed by atoms with Gasteiger partial charge in [-0.25, -0.2) is 4.21 Å². The van der Waals surface area contributed by atoms with Crippen molar-refractivity contribution < 1.29 is 13.5 Å². The number of hydrogen-bond acceptors (Lipinski definition) is 2. The van der Waals surface area contributed by atoms with Crippen molar-refractivity contribution in [3.8, 4) is 5.75 Å². The van der Waals surface area contributed by atoms with E-state index in [1.54, 1.807) is 0 Å². The van der Waals surface area contributed by atoms with Gasteiger partial charge in [-0.15, -0.1) is 0 Å². The van der Waals surface area contributed by atoms with Gasteiger partial charge in [0.05, 0.1) is 5.75 Å². The summed E-state index contributed by atoms with van der Waals surface area (Å²) in [6, 6.07) is 13.7. The minimum absolute atomic E-state index is 0.132. The first-order chi connectivity index (χ1) is 7.75. The molecule has 0 bridgehead atoms. The molecule has 1 N–H and O–H groups in total. The van der Waals surface area contributed by atoms with Crippen molar-refractivity contribution in [1.29, 1.82) is 0 Å². The van der Waals surface area contributed by atoms with E-state index in [2.05, 4.69) is 0 Å². The van der Waals surface area contributed by atoms with Gasteiger partial charge in [0.2, 0.25) is 0 Å². The maximum absolute atomic E-state index is 10.4. The van der Waals surface area contributed by atoms with Crippen LogP contribution < -0.4 is 4.74 Å². The Hall–Kier alpha value is -1.39. The van der Waals surface area contributed by atoms with Gasteiger partial charge in [0.1, 0.15) is 12.4 Å². The lowest BCUT2D eigenvalue weighted by atomic mass is 10.1. The van der Waals surface area contributed by atoms with Gasteiger partial charge in [-0.2, -0.15) is 0 Å². The van der Waals surface area contributed by atoms with E-state index in [0.717, 1.165) is 16.5 Å². The minimum atomic E-state index is -1.79. The molecule has 16 heavy (non-hydrogen) atoms. The van der Waals surface area contributed by atoms with Gasteiger partial charge >= 0.3 is 0 Å². The Morgan fingerprint density at radius 2 is 1.88 bits per heavy atom. The van der Waals surface area contributed by atoms with E-state index in [9.17, 15) is 4.21 Å². The van der Waals surface area contributed by atoms with Gasteiger partial charge in [-0.05, 0) is 22.9 Å². The Morgan fingerprint density at radius 1 is 1.12 bits per heavy atom. The molecule has 0 aromatic heterocycles. The normalized spacial score (nSPS) is 12.6. The van der Waals surface area contributed by atoms with Crippen LogP contribution in [0.4, 0.5) is 0 Å². The van der Waals surface area contributed by atoms with Crippen molar-refractivity contribution in [2.75, 3.05) is 12.4 Å². The van der Waals surface area contributed by atoms with E-state index >= 15 is 0 Å². The second kappa shape index (κ2) is 5.09. The SMILES string of the molecule is O=S(O)CCOc1ccc2ccccc2c1. The van der Waals surface area contributed by atoms with Crippen LogP contribution in [0, 0.1) is 0 Å². The smallest absolute Gasteiger partial charge is 0.156 e. The highest BCUT2D eigenvalue weighted by Crippen LogP contribution is 2.20. The molecule has 2 aromatic carbocycles. The zero-order valence-corrected chi connectivity index (χ0v) is 9.44. The second-order valence-corrected chi connectivity index (χ2v) is 4.43. The molecule has 0 saturated heterocycles. The summed E-state index contributed by atoms with van der Waals surface area (Å²) in [6.45, 7) is 0.251. The number of fused-ring (bicyclic) bond motifs is 1. The lowest BCUT2D eigenvalue weighted by Crippen LogP contribution is -2.07. The van der Waals surface area contributed by atoms with Crippen LogP contribution in [0.3, 0.4) is 0 Å². The van der Waals surface area contributed by atoms with Gasteiger partial charge in [-0.3, -0.25) is 0 Å². The van der Waals surface area contributed by atoms with Crippen LogP contribution in [0.2, 0.25) is 0 Å². The molecule has 2 rings (SSSR count). The third-order valence-corrected chi connectivity index (χ3v) is 2.76. The Labute approximate surface area is 96.3 Å². The molecular formula is C12H12O3S. The molecule has 2 aromatic rings. The Morgan fingerprint density at radius 3 is 2.62 bits per heavy atom. The van der Waals surface area contributed by atoms with Crippen LogP contribution >= 0.6 is 0 Å². The standard InChI is InChI=1S/C12H12O3S/c13-16(14)8-7-15-12-6-5-10-3-1-2-4-11(10)9-12/h1-6,9H,7-8H2,(H,13,14). The summed E-state index contributed by atoms with van der Waals surface area (Å²) >= 11 is -1.79. The van der Waals surface area contributed by atoms with Crippen molar-refractivity contribution in [3.63, 3.8) is 0 Å². The van der Waals surface area contributed by atoms with Gasteiger partial charge in [0.25, 0.3) is 0 Å². The molecule has 0 aliphatic rings. The molecule has 0 spiro atoms. The predicted molar refractivity (Wildman–Crippen MR) is 65.1 cm³/mol. The maximum atomic E-state index is 10.4. The van der Waals surface area contributed by atoms with Crippen molar-refractivity contribution in [2.24, 2.45) is 0 Å². The predicted octanol–water partition coefficient (Wildman–Crippen LogP) is 2.44. The van der Waals surface area contributed by atoms with E-state index < -0.39 is 11.1 Å². The second-order valence-electron chi connectivity index (χ2n) is 3.38. The van der Waals surface area contributed by atoms with E-state index in [1.807, 2.05) is 42.5 Å². The first kappa shape index (κ1) is 11.1. The molecule has 4 heteroatoms. The third-order valence-electron chi connectivity index (χ3n) is 2.25. The summed E-state index contributed by atoms with van der Waals surface area (Å²) in [4.78, 5) is 0. The molecule has 0 amide bonds. The van der Waals surface area contributed by atoms with E-state index in [1.165, 1.54) is 0 Å². The van der Waals surface area contributed by atoms with Crippen LogP contribution in [0.5, 0.6) is 5.75 Å². The maximum Gasteiger partial charge on any atom is 0.156 e. The fraction of sp³-hybridized carbons (Fsp3) is 0.167. The molecule has 84 valence electrons. The average Bonchev–Trinajstić information content (AvgIpc) is 2.28. The zero-order valence-electron chi connectivity index (χ0n) is 8.63. The Kier molecular flexibility index (Phi) is 3.54. The molecule has 0 aliphatic carbocycles. The summed E-state index contributed by atoms with van der Waals surface area (Å²) < 4.78 is 24.4. The first-order valence-corrected chi connectivity index (χ1v) is 6.22. The highest BCUT2D eigenvalue weighted by atomic mass is 32.2. The van der Waals surface area contributed by atoms with Crippen LogP contribution in [0.25, 0.3) is 10.8 Å². The molecule has 0 radical (unpaired) electrons. The van der Waals surface area contributed by atoms with Crippen LogP contribution in [0.1, 0.15) is 0 Å². The van der Waals surface area contributed by atoms with Gasteiger partial charge in [0.15, 0.2) is 11.1 Å². The Bertz CT molecular complexity index is 510. The summed E-state index contributed by atoms with van der Waals surface area (Å²) in [5.41, 5.74) is 0. The molecule has 1 unspecified atom stereocenters. The highest BCUT2D eigenvalue weighted by molar-refractivity contribution is 7.79. The van der Waals surface area contributed by atoms with E-state index in [0.29, 0.717) is 0 Å². The lowest BCUT2D eigenvalue weighted by Gasteiger charge is -2.05. The molecule has 3 nitrogen and oxygen atoms in total. The summed E-state index contributed by atoms with van der Waals surface area (Å²) in [6.07, 6.45) is 0. The average molecular weight is 236 g/mol. The number of rotatable bonds is 4. The number of ether oxygens (including phenoxy) is 1. The number of hydrogen-bond donors (Lipinski definition) is 1. The van der Waals surface area contributed by atoms with E-state index in [-0.39, 0.29) is 12.4 Å². The van der Waals surface area contributed by atoms with Crippen molar-refractivity contribution >= 4 is 21.9 Å². The van der Waals surface area contributed by atoms with E-state index in [4.69, 9.17) is 9.29 Å². The molecular weight excluding hydrogens is 224 g/mol. The fourth-order valence-electron chi connectivity index (χ4n) is 1.49. The Balaban J connectivity index is 2.10. The monoisotopic (exact) mass is 236 g/mol. The molecule has 0 aliphatic heterocycles. The first-order valence-electron chi connectivity index (χ1n) is 4.95. The third kappa shape index (κ3) is 2.81. The summed E-state index contributed by atoms with van der Waals surface area (Å²) in [5.74, 6) is 0.858. The molecule has 1 atom stereocenters. The molecule has 0 saturated carbocycles. The van der Waals surface area contributed by atoms with Crippen molar-refractivity contribution in [1.82, 2.24) is 0 Å². The largest absolute Gasteiger partial charge is 0.493 e. The summed E-state index contributed by atoms with van der Waals surface area (Å²) in [7, 11) is 0. The van der Waals surface area contributed by atoms with Gasteiger partial charge in [-0.1, -0.05) is 30.3 Å². The van der Waals surface area contributed by atoms with Gasteiger partial charge < -0.3 is 9.29 Å². The highest BCUT2D eigenvalue weighted by Gasteiger charge is 1.98. The van der Waals surface area contributed by atoms with Crippen LogP contribution in [0.15, 0.2) is 42.5 Å². The van der Waals surface area contributed by atoms with Crippen LogP contribution in [-0.2, 0) is 11.1 Å². The lowest BCUT2D eigenvalue weighted by molar-refractivity contribution is 0.340. The minimum Gasteiger partial charge on any atom is -0.493 e. The number of benzene rings is 2. The van der Waals surface area contributed by atoms with Crippen molar-refractivity contribution in [2.45, 2.75) is 0 Å². The zero-order chi connectivity index (χ0) is 11.4. The quantitative estimate of drug-likeness (QED) is 0.829. The molecule has 0 heterocycles. The van der Waals surface area contributed by atoms with Gasteiger partial charge in [0, 0.05) is 0 Å². The topological polar surface area (TPSA) is 46.5 Å². The van der Waals surface area contributed by atoms with Crippen LogP contribution in [-0.4, -0.2) is 21.1 Å². The fourth-order valence-corrected chi connectivity index (χ4v) is 1.71. The van der Waals surface area contributed by atoms with Crippen molar-refractivity contribution in [3.05, 3.63) is 42.5 Å². The summed E-state index contributed by atoms with van der Waals surface area (Å²) in [5, 5.41) is 2.26.